The molecule has 0 saturated carbocycles. The Balaban J connectivity index is 1.39. The van der Waals surface area contributed by atoms with Gasteiger partial charge < -0.3 is 4.90 Å². The summed E-state index contributed by atoms with van der Waals surface area (Å²) in [5, 5.41) is 0. The van der Waals surface area contributed by atoms with Crippen molar-refractivity contribution in [2.24, 2.45) is 0 Å². The van der Waals surface area contributed by atoms with Gasteiger partial charge in [0.05, 0.1) is 0 Å². The fraction of sp³-hybridized carbons (Fsp3) is 0.478. The molecule has 2 aromatic rings. The highest BCUT2D eigenvalue weighted by atomic mass is 15.2. The van der Waals surface area contributed by atoms with E-state index in [4.69, 9.17) is 0 Å². The smallest absolute Gasteiger partial charge is 0.0136 e. The van der Waals surface area contributed by atoms with Crippen LogP contribution >= 0.6 is 0 Å². The number of aryl methyl sites for hydroxylation is 1. The van der Waals surface area contributed by atoms with Crippen molar-refractivity contribution in [1.29, 1.82) is 0 Å². The molecule has 1 nitrogen and oxygen atoms in total. The van der Waals surface area contributed by atoms with Crippen LogP contribution in [0.15, 0.2) is 60.7 Å². The van der Waals surface area contributed by atoms with Crippen LogP contribution in [0.1, 0.15) is 49.7 Å². The molecule has 1 aliphatic heterocycles. The second kappa shape index (κ2) is 9.64. The van der Waals surface area contributed by atoms with Crippen molar-refractivity contribution in [2.45, 2.75) is 57.4 Å². The molecular weight excluding hydrogens is 290 g/mol. The molecule has 1 aliphatic rings. The molecule has 1 saturated heterocycles. The molecule has 1 unspecified atom stereocenters. The van der Waals surface area contributed by atoms with Gasteiger partial charge in [0.2, 0.25) is 0 Å². The van der Waals surface area contributed by atoms with Gasteiger partial charge in [-0.05, 0) is 62.7 Å². The fourth-order valence-electron chi connectivity index (χ4n) is 3.94. The van der Waals surface area contributed by atoms with Crippen LogP contribution in [0.5, 0.6) is 0 Å². The lowest BCUT2D eigenvalue weighted by Gasteiger charge is -2.36. The maximum absolute atomic E-state index is 2.76. The molecule has 0 radical (unpaired) electrons. The Labute approximate surface area is 147 Å². The first-order chi connectivity index (χ1) is 11.9. The van der Waals surface area contributed by atoms with Gasteiger partial charge in [-0.3, -0.25) is 0 Å². The minimum absolute atomic E-state index is 0.760. The second-order valence-corrected chi connectivity index (χ2v) is 7.17. The number of benzene rings is 2. The number of hydrogen-bond acceptors (Lipinski definition) is 1. The summed E-state index contributed by atoms with van der Waals surface area (Å²) < 4.78 is 0. The fourth-order valence-corrected chi connectivity index (χ4v) is 3.94. The minimum Gasteiger partial charge on any atom is -0.300 e. The molecule has 24 heavy (non-hydrogen) atoms. The Morgan fingerprint density at radius 2 is 1.46 bits per heavy atom. The SMILES string of the molecule is c1ccc(CCCCCN2CCCCC2Cc2ccccc2)cc1. The van der Waals surface area contributed by atoms with Gasteiger partial charge in [0.25, 0.3) is 0 Å². The third-order valence-corrected chi connectivity index (χ3v) is 5.32. The van der Waals surface area contributed by atoms with E-state index in [9.17, 15) is 0 Å². The van der Waals surface area contributed by atoms with E-state index in [-0.39, 0.29) is 0 Å². The van der Waals surface area contributed by atoms with Crippen LogP contribution in [-0.4, -0.2) is 24.0 Å². The average molecular weight is 322 g/mol. The Hall–Kier alpha value is -1.60. The first kappa shape index (κ1) is 17.2. The molecule has 1 heteroatoms. The predicted molar refractivity (Wildman–Crippen MR) is 103 cm³/mol. The molecule has 0 bridgehead atoms. The maximum Gasteiger partial charge on any atom is 0.0136 e. The van der Waals surface area contributed by atoms with Crippen LogP contribution in [0.25, 0.3) is 0 Å². The number of piperidine rings is 1. The standard InChI is InChI=1S/C23H31N/c1-4-12-21(13-5-1)14-8-3-10-18-24-19-11-9-17-23(24)20-22-15-6-2-7-16-22/h1-2,4-7,12-13,15-16,23H,3,8-11,14,17-20H2. The molecule has 3 rings (SSSR count). The minimum atomic E-state index is 0.760. The molecule has 1 atom stereocenters. The van der Waals surface area contributed by atoms with Gasteiger partial charge in [0.1, 0.15) is 0 Å². The van der Waals surface area contributed by atoms with Crippen LogP contribution in [0.2, 0.25) is 0 Å². The second-order valence-electron chi connectivity index (χ2n) is 7.17. The van der Waals surface area contributed by atoms with E-state index in [2.05, 4.69) is 65.6 Å². The molecule has 0 aromatic heterocycles. The third-order valence-electron chi connectivity index (χ3n) is 5.32. The summed E-state index contributed by atoms with van der Waals surface area (Å²) in [6.07, 6.45) is 10.6. The molecule has 0 N–H and O–H groups in total. The number of rotatable bonds is 8. The van der Waals surface area contributed by atoms with Crippen LogP contribution in [0.3, 0.4) is 0 Å². The summed E-state index contributed by atoms with van der Waals surface area (Å²) in [7, 11) is 0. The van der Waals surface area contributed by atoms with Crippen LogP contribution in [0.4, 0.5) is 0 Å². The Kier molecular flexibility index (Phi) is 6.92. The quantitative estimate of drug-likeness (QED) is 0.581. The van der Waals surface area contributed by atoms with E-state index in [1.165, 1.54) is 75.6 Å². The van der Waals surface area contributed by atoms with E-state index in [1.54, 1.807) is 0 Å². The number of nitrogens with zero attached hydrogens (tertiary/aromatic N) is 1. The van der Waals surface area contributed by atoms with Crippen LogP contribution < -0.4 is 0 Å². The van der Waals surface area contributed by atoms with Gasteiger partial charge in [0.15, 0.2) is 0 Å². The van der Waals surface area contributed by atoms with E-state index >= 15 is 0 Å². The summed E-state index contributed by atoms with van der Waals surface area (Å²) in [6, 6.07) is 22.7. The van der Waals surface area contributed by atoms with Crippen molar-refractivity contribution >= 4 is 0 Å². The number of hydrogen-bond donors (Lipinski definition) is 0. The van der Waals surface area contributed by atoms with Crippen LogP contribution in [0, 0.1) is 0 Å². The lowest BCUT2D eigenvalue weighted by atomic mass is 9.95. The molecule has 0 amide bonds. The molecule has 1 fully saturated rings. The highest BCUT2D eigenvalue weighted by Gasteiger charge is 2.21. The van der Waals surface area contributed by atoms with E-state index < -0.39 is 0 Å². The summed E-state index contributed by atoms with van der Waals surface area (Å²) in [5.41, 5.74) is 2.98. The van der Waals surface area contributed by atoms with Crippen molar-refractivity contribution in [1.82, 2.24) is 4.90 Å². The van der Waals surface area contributed by atoms with Crippen LogP contribution in [-0.2, 0) is 12.8 Å². The third kappa shape index (κ3) is 5.49. The highest BCUT2D eigenvalue weighted by molar-refractivity contribution is 5.16. The highest BCUT2D eigenvalue weighted by Crippen LogP contribution is 2.21. The first-order valence-electron chi connectivity index (χ1n) is 9.74. The summed E-state index contributed by atoms with van der Waals surface area (Å²) >= 11 is 0. The molecule has 1 heterocycles. The van der Waals surface area contributed by atoms with E-state index in [0.29, 0.717) is 0 Å². The Morgan fingerprint density at radius 3 is 2.21 bits per heavy atom. The zero-order chi connectivity index (χ0) is 16.5. The Bertz CT molecular complexity index is 563. The van der Waals surface area contributed by atoms with Crippen molar-refractivity contribution in [3.63, 3.8) is 0 Å². The molecular formula is C23H31N. The van der Waals surface area contributed by atoms with Gasteiger partial charge in [-0.15, -0.1) is 0 Å². The monoisotopic (exact) mass is 321 g/mol. The normalized spacial score (nSPS) is 18.6. The van der Waals surface area contributed by atoms with Gasteiger partial charge in [-0.2, -0.15) is 0 Å². The van der Waals surface area contributed by atoms with Crippen molar-refractivity contribution in [3.8, 4) is 0 Å². The summed E-state index contributed by atoms with van der Waals surface area (Å²) in [5.74, 6) is 0. The molecule has 0 aliphatic carbocycles. The lowest BCUT2D eigenvalue weighted by Crippen LogP contribution is -2.41. The van der Waals surface area contributed by atoms with Crippen molar-refractivity contribution in [2.75, 3.05) is 13.1 Å². The first-order valence-corrected chi connectivity index (χ1v) is 9.74. The zero-order valence-electron chi connectivity index (χ0n) is 14.9. The summed E-state index contributed by atoms with van der Waals surface area (Å²) in [4.78, 5) is 2.76. The van der Waals surface area contributed by atoms with Gasteiger partial charge in [0, 0.05) is 6.04 Å². The van der Waals surface area contributed by atoms with Gasteiger partial charge in [-0.1, -0.05) is 73.5 Å². The maximum atomic E-state index is 2.76. The molecule has 128 valence electrons. The zero-order valence-corrected chi connectivity index (χ0v) is 14.9. The molecule has 0 spiro atoms. The van der Waals surface area contributed by atoms with Gasteiger partial charge in [-0.25, -0.2) is 0 Å². The van der Waals surface area contributed by atoms with Gasteiger partial charge >= 0.3 is 0 Å². The average Bonchev–Trinajstić information content (AvgIpc) is 2.64. The predicted octanol–water partition coefficient (Wildman–Crippen LogP) is 5.50. The van der Waals surface area contributed by atoms with Crippen molar-refractivity contribution in [3.05, 3.63) is 71.8 Å². The topological polar surface area (TPSA) is 3.24 Å². The lowest BCUT2D eigenvalue weighted by molar-refractivity contribution is 0.144. The Morgan fingerprint density at radius 1 is 0.750 bits per heavy atom. The molecule has 2 aromatic carbocycles. The summed E-state index contributed by atoms with van der Waals surface area (Å²) in [6.45, 7) is 2.59. The number of likely N-dealkylation sites (tertiary alicyclic amines) is 1. The largest absolute Gasteiger partial charge is 0.300 e. The van der Waals surface area contributed by atoms with E-state index in [0.717, 1.165) is 6.04 Å². The van der Waals surface area contributed by atoms with Crippen molar-refractivity contribution < 1.29 is 0 Å². The van der Waals surface area contributed by atoms with E-state index in [1.807, 2.05) is 0 Å². The number of unbranched alkanes of at least 4 members (excludes halogenated alkanes) is 2.